The highest BCUT2D eigenvalue weighted by atomic mass is 16.5. The molecule has 1 saturated carbocycles. The quantitative estimate of drug-likeness (QED) is 0.825. The SMILES string of the molecule is Cc1ccc2c(c1)N(C)C(=O)c1cc(NC(=O)C3CCCCC3)ccc1O2. The summed E-state index contributed by atoms with van der Waals surface area (Å²) in [4.78, 5) is 27.1. The van der Waals surface area contributed by atoms with E-state index in [1.165, 1.54) is 6.42 Å². The van der Waals surface area contributed by atoms with Crippen molar-refractivity contribution in [1.82, 2.24) is 0 Å². The fraction of sp³-hybridized carbons (Fsp3) is 0.364. The lowest BCUT2D eigenvalue weighted by Gasteiger charge is -2.21. The molecule has 2 aliphatic rings. The summed E-state index contributed by atoms with van der Waals surface area (Å²) in [5, 5.41) is 2.98. The van der Waals surface area contributed by atoms with E-state index in [4.69, 9.17) is 4.74 Å². The molecule has 1 fully saturated rings. The Hall–Kier alpha value is -2.82. The molecule has 0 saturated heterocycles. The highest BCUT2D eigenvalue weighted by molar-refractivity contribution is 6.10. The van der Waals surface area contributed by atoms with E-state index in [0.29, 0.717) is 22.7 Å². The summed E-state index contributed by atoms with van der Waals surface area (Å²) in [6, 6.07) is 11.0. The monoisotopic (exact) mass is 364 g/mol. The zero-order valence-corrected chi connectivity index (χ0v) is 15.7. The van der Waals surface area contributed by atoms with Crippen LogP contribution in [0, 0.1) is 12.8 Å². The Labute approximate surface area is 159 Å². The van der Waals surface area contributed by atoms with Crippen LogP contribution in [0.5, 0.6) is 11.5 Å². The van der Waals surface area contributed by atoms with Crippen molar-refractivity contribution in [3.8, 4) is 11.5 Å². The second-order valence-corrected chi connectivity index (χ2v) is 7.47. The van der Waals surface area contributed by atoms with E-state index in [2.05, 4.69) is 5.32 Å². The summed E-state index contributed by atoms with van der Waals surface area (Å²) in [5.74, 6) is 1.12. The standard InChI is InChI=1S/C22H24N2O3/c1-14-8-10-20-18(12-14)24(2)22(26)17-13-16(9-11-19(17)27-20)23-21(25)15-6-4-3-5-7-15/h8-13,15H,3-7H2,1-2H3,(H,23,25). The van der Waals surface area contributed by atoms with Crippen LogP contribution in [0.25, 0.3) is 0 Å². The Morgan fingerprint density at radius 2 is 1.81 bits per heavy atom. The van der Waals surface area contributed by atoms with Gasteiger partial charge in [0.2, 0.25) is 5.91 Å². The Morgan fingerprint density at radius 3 is 2.59 bits per heavy atom. The molecule has 1 aliphatic heterocycles. The first-order valence-corrected chi connectivity index (χ1v) is 9.54. The highest BCUT2D eigenvalue weighted by Crippen LogP contribution is 2.39. The number of carbonyl (C=O) groups is 2. The second kappa shape index (κ2) is 7.06. The number of nitrogens with zero attached hydrogens (tertiary/aromatic N) is 1. The molecule has 1 heterocycles. The van der Waals surface area contributed by atoms with Crippen molar-refractivity contribution in [2.75, 3.05) is 17.3 Å². The van der Waals surface area contributed by atoms with Crippen molar-refractivity contribution in [3.05, 3.63) is 47.5 Å². The van der Waals surface area contributed by atoms with E-state index >= 15 is 0 Å². The summed E-state index contributed by atoms with van der Waals surface area (Å²) < 4.78 is 6.00. The third kappa shape index (κ3) is 3.42. The van der Waals surface area contributed by atoms with Crippen molar-refractivity contribution < 1.29 is 14.3 Å². The summed E-state index contributed by atoms with van der Waals surface area (Å²) >= 11 is 0. The molecule has 5 nitrogen and oxygen atoms in total. The minimum absolute atomic E-state index is 0.0453. The van der Waals surface area contributed by atoms with Crippen LogP contribution in [-0.2, 0) is 4.79 Å². The first kappa shape index (κ1) is 17.6. The van der Waals surface area contributed by atoms with Crippen molar-refractivity contribution in [2.45, 2.75) is 39.0 Å². The van der Waals surface area contributed by atoms with Gasteiger partial charge in [0.1, 0.15) is 5.75 Å². The van der Waals surface area contributed by atoms with E-state index < -0.39 is 0 Å². The molecule has 4 rings (SSSR count). The maximum Gasteiger partial charge on any atom is 0.261 e. The third-order valence-corrected chi connectivity index (χ3v) is 5.45. The summed E-state index contributed by atoms with van der Waals surface area (Å²) in [6.07, 6.45) is 5.31. The van der Waals surface area contributed by atoms with Gasteiger partial charge in [-0.2, -0.15) is 0 Å². The lowest BCUT2D eigenvalue weighted by atomic mass is 9.88. The van der Waals surface area contributed by atoms with Gasteiger partial charge < -0.3 is 15.0 Å². The zero-order valence-electron chi connectivity index (χ0n) is 15.7. The molecule has 0 aromatic heterocycles. The molecule has 5 heteroatoms. The van der Waals surface area contributed by atoms with Gasteiger partial charge in [-0.25, -0.2) is 0 Å². The van der Waals surface area contributed by atoms with Gasteiger partial charge in [0.05, 0.1) is 11.3 Å². The maximum atomic E-state index is 13.0. The van der Waals surface area contributed by atoms with Crippen LogP contribution in [0.4, 0.5) is 11.4 Å². The first-order chi connectivity index (χ1) is 13.0. The third-order valence-electron chi connectivity index (χ3n) is 5.45. The van der Waals surface area contributed by atoms with E-state index in [1.54, 1.807) is 30.1 Å². The van der Waals surface area contributed by atoms with Crippen LogP contribution in [-0.4, -0.2) is 18.9 Å². The Morgan fingerprint density at radius 1 is 1.07 bits per heavy atom. The summed E-state index contributed by atoms with van der Waals surface area (Å²) in [5.41, 5.74) is 2.89. The maximum absolute atomic E-state index is 13.0. The van der Waals surface area contributed by atoms with Crippen LogP contribution in [0.1, 0.15) is 48.0 Å². The molecular weight excluding hydrogens is 340 g/mol. The number of carbonyl (C=O) groups excluding carboxylic acids is 2. The minimum Gasteiger partial charge on any atom is -0.454 e. The predicted molar refractivity (Wildman–Crippen MR) is 106 cm³/mol. The first-order valence-electron chi connectivity index (χ1n) is 9.54. The molecule has 0 spiro atoms. The summed E-state index contributed by atoms with van der Waals surface area (Å²) in [6.45, 7) is 1.98. The number of nitrogens with one attached hydrogen (secondary N) is 1. The van der Waals surface area contributed by atoms with E-state index in [-0.39, 0.29) is 17.7 Å². The molecular formula is C22H24N2O3. The van der Waals surface area contributed by atoms with Gasteiger partial charge in [-0.05, 0) is 55.7 Å². The highest BCUT2D eigenvalue weighted by Gasteiger charge is 2.27. The fourth-order valence-corrected chi connectivity index (χ4v) is 3.86. The number of aryl methyl sites for hydroxylation is 1. The average molecular weight is 364 g/mol. The fourth-order valence-electron chi connectivity index (χ4n) is 3.86. The largest absolute Gasteiger partial charge is 0.454 e. The Kier molecular flexibility index (Phi) is 4.60. The Balaban J connectivity index is 1.62. The lowest BCUT2D eigenvalue weighted by molar-refractivity contribution is -0.120. The minimum atomic E-state index is -0.150. The molecule has 2 aromatic rings. The normalized spacial score (nSPS) is 16.8. The molecule has 2 amide bonds. The van der Waals surface area contributed by atoms with Gasteiger partial charge in [0.15, 0.2) is 5.75 Å². The smallest absolute Gasteiger partial charge is 0.261 e. The van der Waals surface area contributed by atoms with Crippen molar-refractivity contribution in [1.29, 1.82) is 0 Å². The van der Waals surface area contributed by atoms with Crippen LogP contribution < -0.4 is 15.0 Å². The van der Waals surface area contributed by atoms with Gasteiger partial charge in [0, 0.05) is 18.7 Å². The molecule has 0 radical (unpaired) electrons. The van der Waals surface area contributed by atoms with E-state index in [1.807, 2.05) is 25.1 Å². The molecule has 0 bridgehead atoms. The molecule has 140 valence electrons. The Bertz CT molecular complexity index is 900. The van der Waals surface area contributed by atoms with E-state index in [9.17, 15) is 9.59 Å². The van der Waals surface area contributed by atoms with Crippen LogP contribution >= 0.6 is 0 Å². The number of anilines is 2. The number of fused-ring (bicyclic) bond motifs is 2. The summed E-state index contributed by atoms with van der Waals surface area (Å²) in [7, 11) is 1.74. The number of ether oxygens (including phenoxy) is 1. The van der Waals surface area contributed by atoms with Crippen molar-refractivity contribution in [3.63, 3.8) is 0 Å². The number of hydrogen-bond acceptors (Lipinski definition) is 3. The molecule has 27 heavy (non-hydrogen) atoms. The van der Waals surface area contributed by atoms with Gasteiger partial charge in [-0.3, -0.25) is 9.59 Å². The molecule has 1 N–H and O–H groups in total. The number of benzene rings is 2. The lowest BCUT2D eigenvalue weighted by Crippen LogP contribution is -2.26. The van der Waals surface area contributed by atoms with Crippen LogP contribution in [0.15, 0.2) is 36.4 Å². The van der Waals surface area contributed by atoms with Gasteiger partial charge in [0.25, 0.3) is 5.91 Å². The number of rotatable bonds is 2. The van der Waals surface area contributed by atoms with Crippen molar-refractivity contribution >= 4 is 23.2 Å². The van der Waals surface area contributed by atoms with E-state index in [0.717, 1.165) is 36.9 Å². The van der Waals surface area contributed by atoms with Gasteiger partial charge >= 0.3 is 0 Å². The number of amides is 2. The molecule has 0 unspecified atom stereocenters. The number of hydrogen-bond donors (Lipinski definition) is 1. The average Bonchev–Trinajstić information content (AvgIpc) is 2.78. The second-order valence-electron chi connectivity index (χ2n) is 7.47. The molecule has 1 aliphatic carbocycles. The van der Waals surface area contributed by atoms with Gasteiger partial charge in [-0.15, -0.1) is 0 Å². The van der Waals surface area contributed by atoms with Gasteiger partial charge in [-0.1, -0.05) is 25.3 Å². The van der Waals surface area contributed by atoms with Crippen LogP contribution in [0.3, 0.4) is 0 Å². The topological polar surface area (TPSA) is 58.6 Å². The van der Waals surface area contributed by atoms with Crippen LogP contribution in [0.2, 0.25) is 0 Å². The van der Waals surface area contributed by atoms with Crippen molar-refractivity contribution in [2.24, 2.45) is 5.92 Å². The molecule has 2 aromatic carbocycles. The predicted octanol–water partition coefficient (Wildman–Crippen LogP) is 4.90. The zero-order chi connectivity index (χ0) is 19.0. The molecule has 0 atom stereocenters.